The van der Waals surface area contributed by atoms with Gasteiger partial charge in [0, 0.05) is 0 Å². The van der Waals surface area contributed by atoms with Gasteiger partial charge in [-0.25, -0.2) is 0 Å². The van der Waals surface area contributed by atoms with Crippen molar-refractivity contribution in [3.05, 3.63) is 35.9 Å². The van der Waals surface area contributed by atoms with E-state index in [4.69, 9.17) is 0 Å². The van der Waals surface area contributed by atoms with Crippen molar-refractivity contribution in [2.75, 3.05) is 0 Å². The third-order valence-corrected chi connectivity index (χ3v) is 12.1. The highest BCUT2D eigenvalue weighted by molar-refractivity contribution is 6.82. The summed E-state index contributed by atoms with van der Waals surface area (Å²) in [6.45, 7) is 9.80. The maximum absolute atomic E-state index is 2.50. The van der Waals surface area contributed by atoms with Crippen LogP contribution in [0.5, 0.6) is 0 Å². The summed E-state index contributed by atoms with van der Waals surface area (Å²) in [5.41, 5.74) is 3.12. The molecule has 1 aliphatic carbocycles. The fourth-order valence-corrected chi connectivity index (χ4v) is 9.24. The van der Waals surface area contributed by atoms with Crippen LogP contribution in [0, 0.1) is 0 Å². The summed E-state index contributed by atoms with van der Waals surface area (Å²) in [7, 11) is -1.00. The van der Waals surface area contributed by atoms with Crippen molar-refractivity contribution in [2.24, 2.45) is 0 Å². The summed E-state index contributed by atoms with van der Waals surface area (Å²) in [5, 5.41) is 0. The molecule has 0 spiro atoms. The minimum Gasteiger partial charge on any atom is -0.0678 e. The highest BCUT2D eigenvalue weighted by atomic mass is 28.3. The Morgan fingerprint density at radius 2 is 1.59 bits per heavy atom. The van der Waals surface area contributed by atoms with Gasteiger partial charge in [-0.15, -0.1) is 0 Å². The summed E-state index contributed by atoms with van der Waals surface area (Å²) in [6, 6.07) is 15.6. The molecule has 1 fully saturated rings. The minimum atomic E-state index is -1.00. The molecule has 17 heavy (non-hydrogen) atoms. The van der Waals surface area contributed by atoms with Crippen molar-refractivity contribution < 1.29 is 0 Å². The highest BCUT2D eigenvalue weighted by Crippen LogP contribution is 2.65. The summed E-state index contributed by atoms with van der Waals surface area (Å²) < 4.78 is 0. The molecule has 2 rings (SSSR count). The molecule has 1 aromatic rings. The summed E-state index contributed by atoms with van der Waals surface area (Å²) in [6.07, 6.45) is 1.44. The maximum atomic E-state index is 2.50. The van der Waals surface area contributed by atoms with Gasteiger partial charge in [0.05, 0.1) is 8.07 Å². The summed E-state index contributed by atoms with van der Waals surface area (Å²) in [4.78, 5) is 0. The second-order valence-electron chi connectivity index (χ2n) is 5.96. The van der Waals surface area contributed by atoms with E-state index in [2.05, 4.69) is 58.0 Å². The van der Waals surface area contributed by atoms with Crippen molar-refractivity contribution in [1.29, 1.82) is 0 Å². The first-order valence-electron chi connectivity index (χ1n) is 7.18. The normalized spacial score (nSPS) is 28.1. The lowest BCUT2D eigenvalue weighted by molar-refractivity contribution is 0.773. The minimum absolute atomic E-state index is 0.509. The fourth-order valence-electron chi connectivity index (χ4n) is 3.88. The second-order valence-corrected chi connectivity index (χ2v) is 11.5. The van der Waals surface area contributed by atoms with Crippen LogP contribution < -0.4 is 0 Å². The maximum Gasteiger partial charge on any atom is 0.0567 e. The van der Waals surface area contributed by atoms with Crippen LogP contribution in [0.1, 0.15) is 39.7 Å². The lowest BCUT2D eigenvalue weighted by Crippen LogP contribution is -2.34. The van der Waals surface area contributed by atoms with Gasteiger partial charge < -0.3 is 0 Å². The van der Waals surface area contributed by atoms with Crippen LogP contribution in [-0.2, 0) is 5.41 Å². The Kier molecular flexibility index (Phi) is 3.49. The standard InChI is InChI=1S/C16H26Si/c1-5-17(6-2,7-3)15-13-16(15,4)14-11-9-8-10-12-14/h8-12,15H,5-7,13H2,1-4H3/t15-,16+/m0/s1. The van der Waals surface area contributed by atoms with Crippen LogP contribution >= 0.6 is 0 Å². The van der Waals surface area contributed by atoms with Crippen molar-refractivity contribution in [3.8, 4) is 0 Å². The summed E-state index contributed by atoms with van der Waals surface area (Å²) in [5.74, 6) is 0. The topological polar surface area (TPSA) is 0 Å². The van der Waals surface area contributed by atoms with Crippen LogP contribution in [0.25, 0.3) is 0 Å². The van der Waals surface area contributed by atoms with Crippen LogP contribution in [0.15, 0.2) is 30.3 Å². The molecule has 0 amide bonds. The number of benzene rings is 1. The molecule has 2 atom stereocenters. The molecule has 1 heteroatoms. The Morgan fingerprint density at radius 1 is 1.06 bits per heavy atom. The average molecular weight is 246 g/mol. The third kappa shape index (κ3) is 1.99. The van der Waals surface area contributed by atoms with Crippen LogP contribution in [0.4, 0.5) is 0 Å². The SMILES string of the molecule is CC[Si](CC)(CC)[C@H]1C[C@]1(C)c1ccccc1. The van der Waals surface area contributed by atoms with Crippen LogP contribution in [0.3, 0.4) is 0 Å². The van der Waals surface area contributed by atoms with Crippen molar-refractivity contribution in [2.45, 2.75) is 63.2 Å². The third-order valence-electron chi connectivity index (χ3n) is 5.52. The van der Waals surface area contributed by atoms with Gasteiger partial charge in [0.2, 0.25) is 0 Å². The van der Waals surface area contributed by atoms with Gasteiger partial charge in [0.15, 0.2) is 0 Å². The number of rotatable bonds is 5. The quantitative estimate of drug-likeness (QED) is 0.624. The zero-order valence-corrected chi connectivity index (χ0v) is 12.8. The molecule has 1 saturated carbocycles. The molecular weight excluding hydrogens is 220 g/mol. The number of hydrogen-bond donors (Lipinski definition) is 0. The van der Waals surface area contributed by atoms with Gasteiger partial charge in [0.1, 0.15) is 0 Å². The Hall–Kier alpha value is -0.563. The Balaban J connectivity index is 2.24. The molecule has 0 unspecified atom stereocenters. The predicted molar refractivity (Wildman–Crippen MR) is 79.4 cm³/mol. The smallest absolute Gasteiger partial charge is 0.0567 e. The number of hydrogen-bond acceptors (Lipinski definition) is 0. The van der Waals surface area contributed by atoms with Gasteiger partial charge >= 0.3 is 0 Å². The lowest BCUT2D eigenvalue weighted by Gasteiger charge is -2.31. The molecule has 0 bridgehead atoms. The van der Waals surface area contributed by atoms with Gasteiger partial charge in [0.25, 0.3) is 0 Å². The van der Waals surface area contributed by atoms with Gasteiger partial charge in [-0.3, -0.25) is 0 Å². The Morgan fingerprint density at radius 3 is 2.06 bits per heavy atom. The van der Waals surface area contributed by atoms with E-state index in [1.807, 2.05) is 0 Å². The van der Waals surface area contributed by atoms with E-state index in [0.29, 0.717) is 5.41 Å². The first kappa shape index (κ1) is 12.9. The Bertz CT molecular complexity index is 358. The molecule has 94 valence electrons. The fraction of sp³-hybridized carbons (Fsp3) is 0.625. The molecule has 0 nitrogen and oxygen atoms in total. The molecule has 0 N–H and O–H groups in total. The largest absolute Gasteiger partial charge is 0.0678 e. The molecule has 1 aromatic carbocycles. The van der Waals surface area contributed by atoms with Crippen molar-refractivity contribution in [1.82, 2.24) is 0 Å². The second kappa shape index (κ2) is 4.60. The first-order valence-corrected chi connectivity index (χ1v) is 9.88. The van der Waals surface area contributed by atoms with Gasteiger partial charge in [-0.1, -0.05) is 76.2 Å². The van der Waals surface area contributed by atoms with E-state index in [1.165, 1.54) is 24.6 Å². The molecule has 0 aromatic heterocycles. The zero-order valence-electron chi connectivity index (χ0n) is 11.8. The average Bonchev–Trinajstić information content (AvgIpc) is 3.08. The van der Waals surface area contributed by atoms with Crippen molar-refractivity contribution in [3.63, 3.8) is 0 Å². The van der Waals surface area contributed by atoms with E-state index in [1.54, 1.807) is 5.56 Å². The molecule has 1 aliphatic rings. The predicted octanol–water partition coefficient (Wildman–Crippen LogP) is 5.23. The van der Waals surface area contributed by atoms with E-state index in [0.717, 1.165) is 5.54 Å². The van der Waals surface area contributed by atoms with E-state index >= 15 is 0 Å². The highest BCUT2D eigenvalue weighted by Gasteiger charge is 2.59. The van der Waals surface area contributed by atoms with Crippen LogP contribution in [-0.4, -0.2) is 8.07 Å². The monoisotopic (exact) mass is 246 g/mol. The molecule has 0 radical (unpaired) electrons. The van der Waals surface area contributed by atoms with E-state index in [9.17, 15) is 0 Å². The lowest BCUT2D eigenvalue weighted by atomic mass is 9.99. The molecule has 0 aliphatic heterocycles. The molecule has 0 saturated heterocycles. The van der Waals surface area contributed by atoms with Gasteiger partial charge in [-0.2, -0.15) is 0 Å². The van der Waals surface area contributed by atoms with Crippen LogP contribution in [0.2, 0.25) is 23.7 Å². The summed E-state index contributed by atoms with van der Waals surface area (Å²) >= 11 is 0. The molecule has 0 heterocycles. The molecular formula is C16H26Si. The van der Waals surface area contributed by atoms with E-state index in [-0.39, 0.29) is 0 Å². The van der Waals surface area contributed by atoms with Crippen molar-refractivity contribution >= 4 is 8.07 Å². The Labute approximate surface area is 107 Å². The first-order chi connectivity index (χ1) is 8.13. The van der Waals surface area contributed by atoms with Gasteiger partial charge in [-0.05, 0) is 22.9 Å². The van der Waals surface area contributed by atoms with E-state index < -0.39 is 8.07 Å². The zero-order chi connectivity index (χ0) is 12.5.